The molecule has 186 valence electrons. The third-order valence-corrected chi connectivity index (χ3v) is 6.70. The summed E-state index contributed by atoms with van der Waals surface area (Å²) in [6, 6.07) is 23.8. The zero-order valence-electron chi connectivity index (χ0n) is 20.0. The highest BCUT2D eigenvalue weighted by molar-refractivity contribution is 6.31. The molecule has 4 rings (SSSR count). The van der Waals surface area contributed by atoms with E-state index in [0.717, 1.165) is 5.56 Å². The molecule has 1 heterocycles. The lowest BCUT2D eigenvalue weighted by molar-refractivity contribution is -0.138. The van der Waals surface area contributed by atoms with Gasteiger partial charge < -0.3 is 15.1 Å². The van der Waals surface area contributed by atoms with E-state index >= 15 is 0 Å². The largest absolute Gasteiger partial charge is 0.395 e. The molecule has 2 atom stereocenters. The molecule has 0 aromatic heterocycles. The van der Waals surface area contributed by atoms with E-state index in [1.54, 1.807) is 42.2 Å². The summed E-state index contributed by atoms with van der Waals surface area (Å²) < 4.78 is 0. The summed E-state index contributed by atoms with van der Waals surface area (Å²) in [7, 11) is 0. The lowest BCUT2D eigenvalue weighted by Crippen LogP contribution is -2.42. The number of benzene rings is 3. The van der Waals surface area contributed by atoms with Gasteiger partial charge in [-0.3, -0.25) is 14.5 Å². The van der Waals surface area contributed by atoms with Crippen LogP contribution in [0.25, 0.3) is 0 Å². The molecule has 0 radical (unpaired) electrons. The predicted octanol–water partition coefficient (Wildman–Crippen LogP) is 4.81. The quantitative estimate of drug-likeness (QED) is 0.410. The molecule has 3 aromatic rings. The molecule has 0 aliphatic carbocycles. The Hall–Kier alpha value is -3.45. The number of carbonyl (C=O) groups excluding carboxylic acids is 2. The van der Waals surface area contributed by atoms with E-state index in [1.807, 2.05) is 60.7 Å². The second kappa shape index (κ2) is 11.1. The first kappa shape index (κ1) is 25.6. The molecule has 6 nitrogen and oxygen atoms in total. The van der Waals surface area contributed by atoms with Gasteiger partial charge >= 0.3 is 0 Å². The third-order valence-electron chi connectivity index (χ3n) is 6.47. The summed E-state index contributed by atoms with van der Waals surface area (Å²) in [4.78, 5) is 29.6. The van der Waals surface area contributed by atoms with Crippen molar-refractivity contribution >= 4 is 34.8 Å². The van der Waals surface area contributed by atoms with Gasteiger partial charge in [0, 0.05) is 41.7 Å². The van der Waals surface area contributed by atoms with E-state index < -0.39 is 17.4 Å². The maximum atomic E-state index is 13.6. The molecule has 1 aliphatic heterocycles. The monoisotopic (exact) mass is 504 g/mol. The van der Waals surface area contributed by atoms with Crippen molar-refractivity contribution in [2.45, 2.75) is 25.5 Å². The van der Waals surface area contributed by atoms with Gasteiger partial charge in [0.2, 0.25) is 5.91 Å². The fourth-order valence-electron chi connectivity index (χ4n) is 4.53. The second-order valence-electron chi connectivity index (χ2n) is 8.85. The number of aliphatic hydroxyl groups excluding tert-OH is 1. The van der Waals surface area contributed by atoms with Gasteiger partial charge in [-0.1, -0.05) is 79.2 Å². The van der Waals surface area contributed by atoms with Gasteiger partial charge in [0.05, 0.1) is 12.3 Å². The molecule has 1 aliphatic rings. The van der Waals surface area contributed by atoms with Crippen molar-refractivity contribution in [1.82, 2.24) is 4.90 Å². The number of aliphatic hydroxyl groups is 2. The van der Waals surface area contributed by atoms with Crippen molar-refractivity contribution < 1.29 is 19.8 Å². The van der Waals surface area contributed by atoms with Crippen LogP contribution in [0, 0.1) is 5.92 Å². The average molecular weight is 505 g/mol. The van der Waals surface area contributed by atoms with Crippen molar-refractivity contribution in [3.05, 3.63) is 107 Å². The summed E-state index contributed by atoms with van der Waals surface area (Å²) in [5.41, 5.74) is 0.778. The van der Waals surface area contributed by atoms with Crippen LogP contribution < -0.4 is 4.90 Å². The van der Waals surface area contributed by atoms with Crippen molar-refractivity contribution in [1.29, 1.82) is 0 Å². The number of amides is 2. The number of fused-ring (bicyclic) bond motifs is 1. The van der Waals surface area contributed by atoms with Crippen LogP contribution in [0.15, 0.2) is 91.0 Å². The Bertz CT molecular complexity index is 1250. The standard InChI is InChI=1S/C29H29ClN2O4/c1-21(9-8-14-27(34)31(17-18-33)20-22-10-4-2-5-11-22)29(36)25-19-23(30)15-16-26(25)32(28(29)35)24-12-6-3-7-13-24/h2-13,15-16,19,21,33,36H,14,17-18,20H2,1H3/b9-8+/t21-,29+/m1/s1. The van der Waals surface area contributed by atoms with Crippen LogP contribution in [0.5, 0.6) is 0 Å². The lowest BCUT2D eigenvalue weighted by atomic mass is 9.83. The minimum absolute atomic E-state index is 0.0756. The van der Waals surface area contributed by atoms with Gasteiger partial charge in [0.25, 0.3) is 5.91 Å². The zero-order valence-corrected chi connectivity index (χ0v) is 20.8. The number of halogens is 1. The molecule has 0 unspecified atom stereocenters. The summed E-state index contributed by atoms with van der Waals surface area (Å²) in [6.45, 7) is 2.22. The predicted molar refractivity (Wildman–Crippen MR) is 141 cm³/mol. The SMILES string of the molecule is C[C@H](/C=C/CC(=O)N(CCO)Cc1ccccc1)[C@@]1(O)C(=O)N(c2ccccc2)c2ccc(Cl)cc21. The first-order chi connectivity index (χ1) is 17.4. The van der Waals surface area contributed by atoms with E-state index in [-0.39, 0.29) is 25.5 Å². The van der Waals surface area contributed by atoms with Crippen LogP contribution in [0.2, 0.25) is 5.02 Å². The van der Waals surface area contributed by atoms with Crippen molar-refractivity contribution in [3.8, 4) is 0 Å². The summed E-state index contributed by atoms with van der Waals surface area (Å²) in [5, 5.41) is 21.6. The Morgan fingerprint density at radius 3 is 2.42 bits per heavy atom. The van der Waals surface area contributed by atoms with Crippen LogP contribution in [-0.4, -0.2) is 40.1 Å². The molecular weight excluding hydrogens is 476 g/mol. The van der Waals surface area contributed by atoms with E-state index in [0.29, 0.717) is 28.5 Å². The Kier molecular flexibility index (Phi) is 7.89. The van der Waals surface area contributed by atoms with Crippen LogP contribution in [0.1, 0.15) is 24.5 Å². The number of para-hydroxylation sites is 1. The summed E-state index contributed by atoms with van der Waals surface area (Å²) in [5.74, 6) is -1.26. The maximum absolute atomic E-state index is 13.6. The van der Waals surface area contributed by atoms with Gasteiger partial charge in [-0.2, -0.15) is 0 Å². The second-order valence-corrected chi connectivity index (χ2v) is 9.29. The van der Waals surface area contributed by atoms with Crippen molar-refractivity contribution in [3.63, 3.8) is 0 Å². The number of nitrogens with zero attached hydrogens (tertiary/aromatic N) is 2. The van der Waals surface area contributed by atoms with E-state index in [2.05, 4.69) is 0 Å². The molecule has 2 N–H and O–H groups in total. The molecule has 36 heavy (non-hydrogen) atoms. The minimum Gasteiger partial charge on any atom is -0.395 e. The highest BCUT2D eigenvalue weighted by atomic mass is 35.5. The van der Waals surface area contributed by atoms with Gasteiger partial charge in [0.15, 0.2) is 5.60 Å². The Balaban J connectivity index is 1.54. The molecular formula is C29H29ClN2O4. The zero-order chi connectivity index (χ0) is 25.7. The number of hydrogen-bond donors (Lipinski definition) is 2. The molecule has 0 fully saturated rings. The Morgan fingerprint density at radius 1 is 1.08 bits per heavy atom. The highest BCUT2D eigenvalue weighted by Gasteiger charge is 2.53. The average Bonchev–Trinajstić information content (AvgIpc) is 3.11. The van der Waals surface area contributed by atoms with Gasteiger partial charge in [0.1, 0.15) is 0 Å². The topological polar surface area (TPSA) is 81.1 Å². The molecule has 2 amide bonds. The molecule has 0 spiro atoms. The van der Waals surface area contributed by atoms with Crippen LogP contribution in [-0.2, 0) is 21.7 Å². The smallest absolute Gasteiger partial charge is 0.268 e. The molecule has 7 heteroatoms. The number of rotatable bonds is 9. The Morgan fingerprint density at radius 2 is 1.75 bits per heavy atom. The maximum Gasteiger partial charge on any atom is 0.268 e. The first-order valence-corrected chi connectivity index (χ1v) is 12.2. The molecule has 0 saturated heterocycles. The fourth-order valence-corrected chi connectivity index (χ4v) is 4.71. The molecule has 0 bridgehead atoms. The van der Waals surface area contributed by atoms with Crippen molar-refractivity contribution in [2.75, 3.05) is 18.1 Å². The van der Waals surface area contributed by atoms with E-state index in [9.17, 15) is 19.8 Å². The third kappa shape index (κ3) is 5.07. The number of anilines is 2. The number of carbonyl (C=O) groups is 2. The van der Waals surface area contributed by atoms with Gasteiger partial charge in [-0.25, -0.2) is 0 Å². The normalized spacial score (nSPS) is 17.9. The van der Waals surface area contributed by atoms with E-state index in [4.69, 9.17) is 11.6 Å². The summed E-state index contributed by atoms with van der Waals surface area (Å²) >= 11 is 6.24. The van der Waals surface area contributed by atoms with Gasteiger partial charge in [-0.05, 0) is 35.9 Å². The van der Waals surface area contributed by atoms with Gasteiger partial charge in [-0.15, -0.1) is 0 Å². The van der Waals surface area contributed by atoms with Crippen LogP contribution >= 0.6 is 11.6 Å². The van der Waals surface area contributed by atoms with Crippen LogP contribution in [0.3, 0.4) is 0 Å². The highest BCUT2D eigenvalue weighted by Crippen LogP contribution is 2.48. The molecule has 0 saturated carbocycles. The summed E-state index contributed by atoms with van der Waals surface area (Å²) in [6.07, 6.45) is 3.43. The lowest BCUT2D eigenvalue weighted by Gasteiger charge is -2.28. The van der Waals surface area contributed by atoms with Crippen LogP contribution in [0.4, 0.5) is 11.4 Å². The first-order valence-electron chi connectivity index (χ1n) is 11.9. The Labute approximate surface area is 216 Å². The molecule has 3 aromatic carbocycles. The van der Waals surface area contributed by atoms with Crippen molar-refractivity contribution in [2.24, 2.45) is 5.92 Å². The fraction of sp³-hybridized carbons (Fsp3) is 0.241. The number of hydrogen-bond acceptors (Lipinski definition) is 4. The van der Waals surface area contributed by atoms with E-state index in [1.165, 1.54) is 4.90 Å². The minimum atomic E-state index is -1.84.